The molecule has 0 N–H and O–H groups in total. The van der Waals surface area contributed by atoms with Gasteiger partial charge in [-0.05, 0) is 103 Å². The van der Waals surface area contributed by atoms with Crippen molar-refractivity contribution in [3.05, 3.63) is 187 Å². The summed E-state index contributed by atoms with van der Waals surface area (Å²) in [6, 6.07) is 52.9. The lowest BCUT2D eigenvalue weighted by Gasteiger charge is -2.19. The van der Waals surface area contributed by atoms with Crippen molar-refractivity contribution in [3.63, 3.8) is 0 Å². The molecule has 1 aliphatic carbocycles. The summed E-state index contributed by atoms with van der Waals surface area (Å²) in [4.78, 5) is 15.1. The van der Waals surface area contributed by atoms with Crippen LogP contribution in [-0.2, 0) is 0 Å². The van der Waals surface area contributed by atoms with Crippen LogP contribution in [0.25, 0.3) is 82.8 Å². The first-order chi connectivity index (χ1) is 26.8. The number of nitrogens with zero attached hydrogens (tertiary/aromatic N) is 3. The summed E-state index contributed by atoms with van der Waals surface area (Å²) in [5.74, 6) is 0.989. The molecule has 0 bridgehead atoms. The lowest BCUT2D eigenvalue weighted by atomic mass is 9.84. The van der Waals surface area contributed by atoms with E-state index < -0.39 is 0 Å². The molecule has 256 valence electrons. The number of hydrogen-bond acceptors (Lipinski definition) is 3. The van der Waals surface area contributed by atoms with E-state index in [9.17, 15) is 0 Å². The molecule has 1 atom stereocenters. The Hall–Kier alpha value is -6.71. The van der Waals surface area contributed by atoms with Crippen molar-refractivity contribution in [2.45, 2.75) is 18.8 Å². The summed E-state index contributed by atoms with van der Waals surface area (Å²) in [6.07, 6.45) is 14.7. The summed E-state index contributed by atoms with van der Waals surface area (Å²) >= 11 is 0. The van der Waals surface area contributed by atoms with E-state index in [0.29, 0.717) is 0 Å². The molecular formula is C51H37N3. The van der Waals surface area contributed by atoms with Crippen molar-refractivity contribution in [2.24, 2.45) is 4.99 Å². The summed E-state index contributed by atoms with van der Waals surface area (Å²) < 4.78 is 0. The SMILES string of the molecule is C1=CCCC(c2cc(-c3cccc(C4C=CC=NC4)c3)nc(-c3cccc(-c4c5ccccc5c(-c5cccc6ccccc56)c5ccccc45)c3)n2)=C1. The van der Waals surface area contributed by atoms with Crippen LogP contribution in [0.2, 0.25) is 0 Å². The molecule has 1 unspecified atom stereocenters. The van der Waals surface area contributed by atoms with Crippen molar-refractivity contribution in [1.82, 2.24) is 9.97 Å². The van der Waals surface area contributed by atoms with E-state index in [1.807, 2.05) is 12.3 Å². The van der Waals surface area contributed by atoms with E-state index in [4.69, 9.17) is 9.97 Å². The van der Waals surface area contributed by atoms with Crippen LogP contribution in [0, 0.1) is 0 Å². The molecule has 0 saturated carbocycles. The van der Waals surface area contributed by atoms with Gasteiger partial charge in [-0.1, -0.05) is 152 Å². The summed E-state index contributed by atoms with van der Waals surface area (Å²) in [5.41, 5.74) is 11.4. The Bertz CT molecular complexity index is 2810. The van der Waals surface area contributed by atoms with Gasteiger partial charge in [0.1, 0.15) is 0 Å². The number of allylic oxidation sites excluding steroid dienone is 5. The lowest BCUT2D eigenvalue weighted by molar-refractivity contribution is 0.846. The maximum atomic E-state index is 5.29. The van der Waals surface area contributed by atoms with Crippen LogP contribution in [0.3, 0.4) is 0 Å². The van der Waals surface area contributed by atoms with Gasteiger partial charge in [-0.15, -0.1) is 0 Å². The third kappa shape index (κ3) is 5.75. The molecule has 0 saturated heterocycles. The van der Waals surface area contributed by atoms with Crippen molar-refractivity contribution in [3.8, 4) is 44.9 Å². The van der Waals surface area contributed by atoms with Gasteiger partial charge in [0.05, 0.1) is 11.4 Å². The van der Waals surface area contributed by atoms with Crippen LogP contribution in [0.1, 0.15) is 30.0 Å². The van der Waals surface area contributed by atoms with Crippen LogP contribution in [0.15, 0.2) is 181 Å². The van der Waals surface area contributed by atoms with Gasteiger partial charge in [-0.2, -0.15) is 0 Å². The largest absolute Gasteiger partial charge is 0.292 e. The summed E-state index contributed by atoms with van der Waals surface area (Å²) in [5, 5.41) is 7.43. The number of benzene rings is 7. The molecule has 7 aromatic carbocycles. The Morgan fingerprint density at radius 3 is 1.94 bits per heavy atom. The van der Waals surface area contributed by atoms with E-state index in [-0.39, 0.29) is 5.92 Å². The summed E-state index contributed by atoms with van der Waals surface area (Å²) in [6.45, 7) is 0.762. The highest BCUT2D eigenvalue weighted by molar-refractivity contribution is 6.23. The van der Waals surface area contributed by atoms with Crippen LogP contribution >= 0.6 is 0 Å². The molecule has 0 spiro atoms. The quantitative estimate of drug-likeness (QED) is 0.163. The molecule has 1 aliphatic heterocycles. The Labute approximate surface area is 315 Å². The van der Waals surface area contributed by atoms with Crippen LogP contribution in [-0.4, -0.2) is 22.7 Å². The minimum atomic E-state index is 0.259. The number of dihydropyridines is 1. The van der Waals surface area contributed by atoms with Crippen molar-refractivity contribution in [2.75, 3.05) is 6.54 Å². The Morgan fingerprint density at radius 2 is 1.19 bits per heavy atom. The monoisotopic (exact) mass is 691 g/mol. The molecule has 0 fully saturated rings. The van der Waals surface area contributed by atoms with E-state index >= 15 is 0 Å². The molecular weight excluding hydrogens is 655 g/mol. The second kappa shape index (κ2) is 13.7. The zero-order chi connectivity index (χ0) is 35.8. The third-order valence-corrected chi connectivity index (χ3v) is 10.9. The summed E-state index contributed by atoms with van der Waals surface area (Å²) in [7, 11) is 0. The second-order valence-corrected chi connectivity index (χ2v) is 14.2. The minimum absolute atomic E-state index is 0.259. The maximum absolute atomic E-state index is 5.29. The Balaban J connectivity index is 1.16. The smallest absolute Gasteiger partial charge is 0.160 e. The fourth-order valence-electron chi connectivity index (χ4n) is 8.32. The molecule has 0 radical (unpaired) electrons. The molecule has 54 heavy (non-hydrogen) atoms. The predicted molar refractivity (Wildman–Crippen MR) is 228 cm³/mol. The second-order valence-electron chi connectivity index (χ2n) is 14.2. The van der Waals surface area contributed by atoms with Crippen molar-refractivity contribution < 1.29 is 0 Å². The highest BCUT2D eigenvalue weighted by atomic mass is 14.9. The zero-order valence-electron chi connectivity index (χ0n) is 29.9. The number of hydrogen-bond donors (Lipinski definition) is 0. The maximum Gasteiger partial charge on any atom is 0.160 e. The first-order valence-electron chi connectivity index (χ1n) is 18.8. The topological polar surface area (TPSA) is 38.1 Å². The van der Waals surface area contributed by atoms with Crippen molar-refractivity contribution in [1.29, 1.82) is 0 Å². The average Bonchev–Trinajstić information content (AvgIpc) is 3.26. The Kier molecular flexibility index (Phi) is 8.11. The number of aromatic nitrogens is 2. The fourth-order valence-corrected chi connectivity index (χ4v) is 8.32. The van der Waals surface area contributed by atoms with Gasteiger partial charge < -0.3 is 0 Å². The standard InChI is InChI=1S/C51H37N3/c1-2-15-35(16-3-1)47-32-48(37-19-10-18-36(30-37)40-22-13-29-52-33-40)54-51(53-47)39-21-11-20-38(31-39)49-43-24-6-8-26-45(43)50(46-27-9-7-25-44(46)49)42-28-12-17-34-14-4-5-23-41(34)42/h1-2,4-15,17-32,40H,3,16,33H2. The minimum Gasteiger partial charge on any atom is -0.292 e. The van der Waals surface area contributed by atoms with Gasteiger partial charge in [0.2, 0.25) is 0 Å². The zero-order valence-corrected chi connectivity index (χ0v) is 29.9. The average molecular weight is 692 g/mol. The molecule has 10 rings (SSSR count). The van der Waals surface area contributed by atoms with Crippen LogP contribution in [0.4, 0.5) is 0 Å². The first kappa shape index (κ1) is 32.0. The van der Waals surface area contributed by atoms with Gasteiger partial charge in [0, 0.05) is 29.8 Å². The molecule has 2 aliphatic rings. The van der Waals surface area contributed by atoms with Gasteiger partial charge in [0.15, 0.2) is 5.82 Å². The molecule has 2 heterocycles. The molecule has 8 aromatic rings. The van der Waals surface area contributed by atoms with E-state index in [1.165, 1.54) is 60.1 Å². The molecule has 3 heteroatoms. The predicted octanol–water partition coefficient (Wildman–Crippen LogP) is 13.1. The molecule has 0 amide bonds. The van der Waals surface area contributed by atoms with Crippen LogP contribution in [0.5, 0.6) is 0 Å². The molecule has 3 nitrogen and oxygen atoms in total. The normalized spacial score (nSPS) is 15.3. The van der Waals surface area contributed by atoms with E-state index in [1.54, 1.807) is 0 Å². The van der Waals surface area contributed by atoms with Gasteiger partial charge >= 0.3 is 0 Å². The van der Waals surface area contributed by atoms with Gasteiger partial charge in [-0.3, -0.25) is 4.99 Å². The first-order valence-corrected chi connectivity index (χ1v) is 18.8. The number of aliphatic imine (C=N–C) groups is 1. The van der Waals surface area contributed by atoms with E-state index in [0.717, 1.165) is 53.3 Å². The van der Waals surface area contributed by atoms with Gasteiger partial charge in [0.25, 0.3) is 0 Å². The van der Waals surface area contributed by atoms with Crippen LogP contribution < -0.4 is 0 Å². The van der Waals surface area contributed by atoms with Gasteiger partial charge in [-0.25, -0.2) is 9.97 Å². The van der Waals surface area contributed by atoms with Crippen molar-refractivity contribution >= 4 is 44.1 Å². The third-order valence-electron chi connectivity index (χ3n) is 10.9. The number of fused-ring (bicyclic) bond motifs is 3. The fraction of sp³-hybridized carbons (Fsp3) is 0.0784. The number of rotatable bonds is 6. The highest BCUT2D eigenvalue weighted by Crippen LogP contribution is 2.45. The molecule has 1 aromatic heterocycles. The highest BCUT2D eigenvalue weighted by Gasteiger charge is 2.20. The Morgan fingerprint density at radius 1 is 0.519 bits per heavy atom. The van der Waals surface area contributed by atoms with E-state index in [2.05, 4.69) is 175 Å². The lowest BCUT2D eigenvalue weighted by Crippen LogP contribution is -2.04.